The van der Waals surface area contributed by atoms with Crippen molar-refractivity contribution in [3.8, 4) is 11.5 Å². The number of hydrogen-bond acceptors (Lipinski definition) is 7. The van der Waals surface area contributed by atoms with E-state index in [0.717, 1.165) is 6.21 Å². The number of aliphatic hydroxyl groups is 2. The molecule has 0 saturated heterocycles. The quantitative estimate of drug-likeness (QED) is 0.279. The van der Waals surface area contributed by atoms with Crippen molar-refractivity contribution in [1.82, 2.24) is 5.43 Å². The SMILES string of the molecule is N[C@@H](CO)C(=O)NN=Cc1ccc(O)c(CO)c1O. The molecule has 0 aliphatic carbocycles. The number of hydrazone groups is 1. The van der Waals surface area contributed by atoms with E-state index >= 15 is 0 Å². The second-order valence-electron chi connectivity index (χ2n) is 3.68. The highest BCUT2D eigenvalue weighted by Crippen LogP contribution is 2.29. The fraction of sp³-hybridized carbons (Fsp3) is 0.273. The molecule has 0 aliphatic rings. The third-order valence-electron chi connectivity index (χ3n) is 2.36. The van der Waals surface area contributed by atoms with Crippen molar-refractivity contribution in [2.75, 3.05) is 6.61 Å². The summed E-state index contributed by atoms with van der Waals surface area (Å²) >= 11 is 0. The predicted octanol–water partition coefficient (Wildman–Crippen LogP) is -1.64. The van der Waals surface area contributed by atoms with Crippen LogP contribution in [0, 0.1) is 0 Å². The molecule has 0 fully saturated rings. The summed E-state index contributed by atoms with van der Waals surface area (Å²) in [6, 6.07) is 1.54. The first kappa shape index (κ1) is 14.9. The molecular formula is C11H15N3O5. The van der Waals surface area contributed by atoms with Gasteiger partial charge >= 0.3 is 0 Å². The highest BCUT2D eigenvalue weighted by molar-refractivity contribution is 5.87. The third kappa shape index (κ3) is 3.65. The Balaban J connectivity index is 2.81. The minimum atomic E-state index is -1.08. The van der Waals surface area contributed by atoms with Gasteiger partial charge in [0.05, 0.1) is 25.0 Å². The Hall–Kier alpha value is -2.16. The molecule has 0 radical (unpaired) electrons. The van der Waals surface area contributed by atoms with E-state index in [4.69, 9.17) is 15.9 Å². The Labute approximate surface area is 108 Å². The van der Waals surface area contributed by atoms with E-state index in [1.165, 1.54) is 12.1 Å². The first-order valence-electron chi connectivity index (χ1n) is 5.35. The van der Waals surface area contributed by atoms with Crippen LogP contribution in [0.3, 0.4) is 0 Å². The van der Waals surface area contributed by atoms with Gasteiger partial charge < -0.3 is 26.2 Å². The van der Waals surface area contributed by atoms with E-state index in [2.05, 4.69) is 10.5 Å². The molecule has 1 atom stereocenters. The van der Waals surface area contributed by atoms with Crippen molar-refractivity contribution < 1.29 is 25.2 Å². The van der Waals surface area contributed by atoms with Crippen LogP contribution in [0.5, 0.6) is 11.5 Å². The molecule has 8 nitrogen and oxygen atoms in total. The molecule has 1 aromatic carbocycles. The Kier molecular flexibility index (Phi) is 5.24. The number of hydrogen-bond donors (Lipinski definition) is 6. The van der Waals surface area contributed by atoms with E-state index < -0.39 is 25.2 Å². The van der Waals surface area contributed by atoms with Crippen molar-refractivity contribution >= 4 is 12.1 Å². The summed E-state index contributed by atoms with van der Waals surface area (Å²) in [5.41, 5.74) is 7.47. The van der Waals surface area contributed by atoms with Gasteiger partial charge in [0, 0.05) is 5.56 Å². The molecule has 19 heavy (non-hydrogen) atoms. The normalized spacial score (nSPS) is 12.6. The van der Waals surface area contributed by atoms with Crippen LogP contribution in [0.25, 0.3) is 0 Å². The summed E-state index contributed by atoms with van der Waals surface area (Å²) in [6.45, 7) is -1.05. The number of benzene rings is 1. The van der Waals surface area contributed by atoms with Crippen LogP contribution >= 0.6 is 0 Å². The van der Waals surface area contributed by atoms with Gasteiger partial charge in [-0.15, -0.1) is 0 Å². The summed E-state index contributed by atoms with van der Waals surface area (Å²) < 4.78 is 0. The average molecular weight is 269 g/mol. The Morgan fingerprint density at radius 3 is 2.68 bits per heavy atom. The van der Waals surface area contributed by atoms with Crippen molar-refractivity contribution in [3.05, 3.63) is 23.3 Å². The lowest BCUT2D eigenvalue weighted by Crippen LogP contribution is -2.40. The summed E-state index contributed by atoms with van der Waals surface area (Å²) in [5.74, 6) is -1.27. The standard InChI is InChI=1S/C11H15N3O5/c12-8(5-16)11(19)14-13-3-6-1-2-9(17)7(4-15)10(6)18/h1-3,8,15-18H,4-5,12H2,(H,14,19)/t8-/m0/s1. The Bertz CT molecular complexity index is 489. The largest absolute Gasteiger partial charge is 0.507 e. The first-order valence-corrected chi connectivity index (χ1v) is 5.35. The molecule has 0 bridgehead atoms. The van der Waals surface area contributed by atoms with Gasteiger partial charge in [-0.25, -0.2) is 5.43 Å². The maximum absolute atomic E-state index is 11.2. The van der Waals surface area contributed by atoms with Gasteiger partial charge in [-0.3, -0.25) is 4.79 Å². The fourth-order valence-electron chi connectivity index (χ4n) is 1.24. The van der Waals surface area contributed by atoms with Crippen molar-refractivity contribution in [3.63, 3.8) is 0 Å². The van der Waals surface area contributed by atoms with Crippen molar-refractivity contribution in [2.24, 2.45) is 10.8 Å². The lowest BCUT2D eigenvalue weighted by atomic mass is 10.1. The highest BCUT2D eigenvalue weighted by Gasteiger charge is 2.12. The molecule has 0 heterocycles. The highest BCUT2D eigenvalue weighted by atomic mass is 16.3. The average Bonchev–Trinajstić information content (AvgIpc) is 2.40. The maximum atomic E-state index is 11.2. The molecule has 8 heteroatoms. The van der Waals surface area contributed by atoms with Gasteiger partial charge in [-0.2, -0.15) is 5.10 Å². The zero-order valence-corrected chi connectivity index (χ0v) is 9.95. The number of aromatic hydroxyl groups is 2. The summed E-state index contributed by atoms with van der Waals surface area (Å²) in [5, 5.41) is 40.2. The first-order chi connectivity index (χ1) is 9.01. The minimum absolute atomic E-state index is 0.0395. The van der Waals surface area contributed by atoms with Gasteiger partial charge in [0.25, 0.3) is 5.91 Å². The fourth-order valence-corrected chi connectivity index (χ4v) is 1.24. The molecule has 0 aliphatic heterocycles. The van der Waals surface area contributed by atoms with E-state index in [0.29, 0.717) is 0 Å². The van der Waals surface area contributed by atoms with Gasteiger partial charge in [0.15, 0.2) is 0 Å². The van der Waals surface area contributed by atoms with Crippen LogP contribution in [0.1, 0.15) is 11.1 Å². The van der Waals surface area contributed by atoms with E-state index in [1.54, 1.807) is 0 Å². The molecule has 1 aromatic rings. The summed E-state index contributed by atoms with van der Waals surface area (Å²) in [4.78, 5) is 11.2. The van der Waals surface area contributed by atoms with Crippen LogP contribution in [-0.2, 0) is 11.4 Å². The lowest BCUT2D eigenvalue weighted by Gasteiger charge is -2.07. The Morgan fingerprint density at radius 1 is 1.42 bits per heavy atom. The molecule has 1 amide bonds. The van der Waals surface area contributed by atoms with Crippen LogP contribution in [0.2, 0.25) is 0 Å². The number of phenols is 2. The number of carbonyl (C=O) groups excluding carboxylic acids is 1. The maximum Gasteiger partial charge on any atom is 0.259 e. The van der Waals surface area contributed by atoms with Gasteiger partial charge in [-0.05, 0) is 12.1 Å². The van der Waals surface area contributed by atoms with Gasteiger partial charge in [0.1, 0.15) is 17.5 Å². The van der Waals surface area contributed by atoms with Crippen LogP contribution in [0.4, 0.5) is 0 Å². The molecule has 0 unspecified atom stereocenters. The summed E-state index contributed by atoms with van der Waals surface area (Å²) in [7, 11) is 0. The zero-order chi connectivity index (χ0) is 14.4. The van der Waals surface area contributed by atoms with Crippen LogP contribution < -0.4 is 11.2 Å². The summed E-state index contributed by atoms with van der Waals surface area (Å²) in [6.07, 6.45) is 1.12. The van der Waals surface area contributed by atoms with Crippen LogP contribution in [-0.4, -0.2) is 45.2 Å². The van der Waals surface area contributed by atoms with E-state index in [9.17, 15) is 15.0 Å². The Morgan fingerprint density at radius 2 is 2.11 bits per heavy atom. The zero-order valence-electron chi connectivity index (χ0n) is 9.95. The molecule has 7 N–H and O–H groups in total. The predicted molar refractivity (Wildman–Crippen MR) is 66.5 cm³/mol. The molecule has 1 rings (SSSR count). The van der Waals surface area contributed by atoms with Crippen molar-refractivity contribution in [1.29, 1.82) is 0 Å². The van der Waals surface area contributed by atoms with Gasteiger partial charge in [0.2, 0.25) is 0 Å². The number of carbonyl (C=O) groups is 1. The number of nitrogens with one attached hydrogen (secondary N) is 1. The van der Waals surface area contributed by atoms with Crippen molar-refractivity contribution in [2.45, 2.75) is 12.6 Å². The van der Waals surface area contributed by atoms with Crippen LogP contribution in [0.15, 0.2) is 17.2 Å². The number of nitrogens with zero attached hydrogens (tertiary/aromatic N) is 1. The number of nitrogens with two attached hydrogens (primary N) is 1. The molecule has 0 spiro atoms. The molecule has 0 aromatic heterocycles. The number of rotatable bonds is 5. The minimum Gasteiger partial charge on any atom is -0.507 e. The van der Waals surface area contributed by atoms with E-state index in [-0.39, 0.29) is 22.6 Å². The molecule has 104 valence electrons. The topological polar surface area (TPSA) is 148 Å². The monoisotopic (exact) mass is 269 g/mol. The van der Waals surface area contributed by atoms with E-state index in [1.807, 2.05) is 0 Å². The smallest absolute Gasteiger partial charge is 0.259 e. The van der Waals surface area contributed by atoms with Gasteiger partial charge in [-0.1, -0.05) is 0 Å². The second kappa shape index (κ2) is 6.69. The third-order valence-corrected chi connectivity index (χ3v) is 2.36. The molecule has 0 saturated carbocycles. The lowest BCUT2D eigenvalue weighted by molar-refractivity contribution is -0.123. The molecular weight excluding hydrogens is 254 g/mol. The number of amides is 1. The number of aliphatic hydroxyl groups excluding tert-OH is 2. The second-order valence-corrected chi connectivity index (χ2v) is 3.68.